The van der Waals surface area contributed by atoms with Gasteiger partial charge < -0.3 is 9.47 Å². The molecular weight excluding hydrogens is 370 g/mol. The van der Waals surface area contributed by atoms with E-state index in [9.17, 15) is 4.79 Å². The molecule has 2 aromatic carbocycles. The van der Waals surface area contributed by atoms with Gasteiger partial charge in [-0.15, -0.1) is 0 Å². The molecule has 0 saturated carbocycles. The third kappa shape index (κ3) is 5.81. The highest BCUT2D eigenvalue weighted by Gasteiger charge is 2.06. The maximum Gasteiger partial charge on any atom is 0.344 e. The third-order valence-corrected chi connectivity index (χ3v) is 3.69. The van der Waals surface area contributed by atoms with E-state index in [1.807, 2.05) is 37.3 Å². The number of rotatable bonds is 6. The maximum atomic E-state index is 11.4. The number of carbonyl (C=O) groups is 1. The molecule has 0 saturated heterocycles. The van der Waals surface area contributed by atoms with Gasteiger partial charge in [0.1, 0.15) is 5.75 Å². The van der Waals surface area contributed by atoms with Crippen LogP contribution < -0.4 is 4.74 Å². The lowest BCUT2D eigenvalue weighted by molar-refractivity contribution is -0.149. The molecule has 2 rings (SSSR count). The molecule has 0 aromatic heterocycles. The molecule has 0 unspecified atom stereocenters. The van der Waals surface area contributed by atoms with E-state index in [0.717, 1.165) is 15.7 Å². The number of esters is 1. The van der Waals surface area contributed by atoms with Gasteiger partial charge in [0.2, 0.25) is 0 Å². The van der Waals surface area contributed by atoms with E-state index >= 15 is 0 Å². The van der Waals surface area contributed by atoms with Crippen LogP contribution in [0.3, 0.4) is 0 Å². The zero-order valence-electron chi connectivity index (χ0n) is 14.0. The molecular formula is C19H20BrNO3. The summed E-state index contributed by atoms with van der Waals surface area (Å²) in [5.74, 6) is 0.240. The lowest BCUT2D eigenvalue weighted by atomic mass is 10.2. The smallest absolute Gasteiger partial charge is 0.344 e. The largest absolute Gasteiger partial charge is 0.482 e. The van der Waals surface area contributed by atoms with Crippen molar-refractivity contribution >= 4 is 33.8 Å². The van der Waals surface area contributed by atoms with Crippen LogP contribution in [-0.4, -0.2) is 24.9 Å². The number of halogens is 1. The molecule has 0 fully saturated rings. The molecule has 24 heavy (non-hydrogen) atoms. The van der Waals surface area contributed by atoms with Crippen molar-refractivity contribution in [3.63, 3.8) is 0 Å². The minimum atomic E-state index is -0.375. The Balaban J connectivity index is 1.94. The van der Waals surface area contributed by atoms with Gasteiger partial charge in [-0.05, 0) is 84.2 Å². The van der Waals surface area contributed by atoms with E-state index in [-0.39, 0.29) is 18.7 Å². The summed E-state index contributed by atoms with van der Waals surface area (Å²) in [4.78, 5) is 15.9. The van der Waals surface area contributed by atoms with E-state index in [2.05, 4.69) is 20.9 Å². The van der Waals surface area contributed by atoms with E-state index < -0.39 is 0 Å². The van der Waals surface area contributed by atoms with Gasteiger partial charge in [-0.25, -0.2) is 4.79 Å². The Morgan fingerprint density at radius 1 is 1.21 bits per heavy atom. The monoisotopic (exact) mass is 389 g/mol. The first-order valence-corrected chi connectivity index (χ1v) is 8.46. The zero-order chi connectivity index (χ0) is 17.5. The fraction of sp³-hybridized carbons (Fsp3) is 0.263. The number of nitrogens with zero attached hydrogens (tertiary/aromatic N) is 1. The Bertz CT molecular complexity index is 724. The quantitative estimate of drug-likeness (QED) is 0.524. The van der Waals surface area contributed by atoms with Crippen LogP contribution in [0.25, 0.3) is 0 Å². The third-order valence-electron chi connectivity index (χ3n) is 3.06. The molecule has 4 nitrogen and oxygen atoms in total. The number of hydrogen-bond acceptors (Lipinski definition) is 4. The Morgan fingerprint density at radius 3 is 2.54 bits per heavy atom. The van der Waals surface area contributed by atoms with Crippen molar-refractivity contribution in [2.75, 3.05) is 6.61 Å². The van der Waals surface area contributed by atoms with Gasteiger partial charge in [0, 0.05) is 10.7 Å². The molecule has 0 radical (unpaired) electrons. The van der Waals surface area contributed by atoms with Gasteiger partial charge in [-0.3, -0.25) is 4.99 Å². The molecule has 2 aromatic rings. The highest BCUT2D eigenvalue weighted by Crippen LogP contribution is 2.26. The van der Waals surface area contributed by atoms with E-state index in [4.69, 9.17) is 9.47 Å². The van der Waals surface area contributed by atoms with Gasteiger partial charge in [-0.1, -0.05) is 6.07 Å². The predicted molar refractivity (Wildman–Crippen MR) is 99.3 cm³/mol. The lowest BCUT2D eigenvalue weighted by Crippen LogP contribution is -2.18. The summed E-state index contributed by atoms with van der Waals surface area (Å²) in [7, 11) is 0. The van der Waals surface area contributed by atoms with Crippen molar-refractivity contribution in [1.29, 1.82) is 0 Å². The topological polar surface area (TPSA) is 47.9 Å². The zero-order valence-corrected chi connectivity index (χ0v) is 15.5. The molecule has 0 heterocycles. The first kappa shape index (κ1) is 18.2. The summed E-state index contributed by atoms with van der Waals surface area (Å²) in [6, 6.07) is 13.4. The van der Waals surface area contributed by atoms with Crippen molar-refractivity contribution in [2.45, 2.75) is 26.9 Å². The highest BCUT2D eigenvalue weighted by molar-refractivity contribution is 9.10. The number of hydrogen-bond donors (Lipinski definition) is 0. The molecule has 0 bridgehead atoms. The van der Waals surface area contributed by atoms with Crippen molar-refractivity contribution in [3.8, 4) is 5.75 Å². The summed E-state index contributed by atoms with van der Waals surface area (Å²) in [6.45, 7) is 5.55. The van der Waals surface area contributed by atoms with Gasteiger partial charge in [0.05, 0.1) is 11.8 Å². The average molecular weight is 390 g/mol. The summed E-state index contributed by atoms with van der Waals surface area (Å²) in [5.41, 5.74) is 3.00. The minimum absolute atomic E-state index is 0.0953. The number of benzene rings is 2. The molecule has 0 N–H and O–H groups in total. The van der Waals surface area contributed by atoms with Crippen molar-refractivity contribution in [2.24, 2.45) is 4.99 Å². The molecule has 126 valence electrons. The van der Waals surface area contributed by atoms with E-state index in [1.54, 1.807) is 32.2 Å². The summed E-state index contributed by atoms with van der Waals surface area (Å²) in [5, 5.41) is 0. The molecule has 0 amide bonds. The molecule has 5 heteroatoms. The molecule has 0 atom stereocenters. The van der Waals surface area contributed by atoms with Crippen LogP contribution in [0.5, 0.6) is 5.75 Å². The lowest BCUT2D eigenvalue weighted by Gasteiger charge is -2.09. The van der Waals surface area contributed by atoms with Crippen LogP contribution >= 0.6 is 15.9 Å². The van der Waals surface area contributed by atoms with Crippen LogP contribution in [0.15, 0.2) is 51.9 Å². The van der Waals surface area contributed by atoms with Crippen molar-refractivity contribution in [3.05, 3.63) is 58.1 Å². The van der Waals surface area contributed by atoms with Crippen LogP contribution in [0, 0.1) is 6.92 Å². The van der Waals surface area contributed by atoms with E-state index in [1.165, 1.54) is 5.56 Å². The molecule has 0 aliphatic heterocycles. The summed E-state index contributed by atoms with van der Waals surface area (Å²) in [6.07, 6.45) is 1.65. The van der Waals surface area contributed by atoms with Crippen LogP contribution in [0.4, 0.5) is 5.69 Å². The standard InChI is InChI=1S/C19H20BrNO3/c1-13(2)24-19(22)12-23-16-7-5-15(6-8-16)11-21-18-9-4-14(3)10-17(18)20/h4-11,13H,12H2,1-3H3. The first-order chi connectivity index (χ1) is 11.4. The maximum absolute atomic E-state index is 11.4. The minimum Gasteiger partial charge on any atom is -0.482 e. The second-order valence-electron chi connectivity index (χ2n) is 5.61. The van der Waals surface area contributed by atoms with E-state index in [0.29, 0.717) is 5.75 Å². The van der Waals surface area contributed by atoms with Gasteiger partial charge in [0.25, 0.3) is 0 Å². The number of aryl methyl sites for hydroxylation is 1. The highest BCUT2D eigenvalue weighted by atomic mass is 79.9. The van der Waals surface area contributed by atoms with Gasteiger partial charge >= 0.3 is 5.97 Å². The fourth-order valence-electron chi connectivity index (χ4n) is 1.95. The van der Waals surface area contributed by atoms with Crippen LogP contribution in [-0.2, 0) is 9.53 Å². The number of aliphatic imine (C=N–C) groups is 1. The van der Waals surface area contributed by atoms with Crippen LogP contribution in [0.1, 0.15) is 25.0 Å². The van der Waals surface area contributed by atoms with Gasteiger partial charge in [-0.2, -0.15) is 0 Å². The van der Waals surface area contributed by atoms with Crippen LogP contribution in [0.2, 0.25) is 0 Å². The number of carbonyl (C=O) groups excluding carboxylic acids is 1. The normalized spacial score (nSPS) is 11.0. The predicted octanol–water partition coefficient (Wildman–Crippen LogP) is 4.84. The Kier molecular flexibility index (Phi) is 6.55. The van der Waals surface area contributed by atoms with Crippen molar-refractivity contribution < 1.29 is 14.3 Å². The fourth-order valence-corrected chi connectivity index (χ4v) is 2.55. The Morgan fingerprint density at radius 2 is 1.92 bits per heavy atom. The van der Waals surface area contributed by atoms with Gasteiger partial charge in [0.15, 0.2) is 6.61 Å². The SMILES string of the molecule is Cc1ccc(N=Cc2ccc(OCC(=O)OC(C)C)cc2)c(Br)c1. The summed E-state index contributed by atoms with van der Waals surface area (Å²) < 4.78 is 11.4. The molecule has 0 spiro atoms. The Hall–Kier alpha value is -2.14. The summed E-state index contributed by atoms with van der Waals surface area (Å²) >= 11 is 3.51. The Labute approximate surface area is 150 Å². The second-order valence-corrected chi connectivity index (χ2v) is 6.46. The molecule has 0 aliphatic carbocycles. The van der Waals surface area contributed by atoms with Crippen molar-refractivity contribution in [1.82, 2.24) is 0 Å². The molecule has 0 aliphatic rings. The average Bonchev–Trinajstić information content (AvgIpc) is 2.52. The number of ether oxygens (including phenoxy) is 2. The second kappa shape index (κ2) is 8.64. The first-order valence-electron chi connectivity index (χ1n) is 7.66.